The van der Waals surface area contributed by atoms with Crippen LogP contribution in [0.15, 0.2) is 36.5 Å². The van der Waals surface area contributed by atoms with E-state index in [9.17, 15) is 4.79 Å². The fourth-order valence-electron chi connectivity index (χ4n) is 1.46. The van der Waals surface area contributed by atoms with Crippen LogP contribution in [0.5, 0.6) is 5.75 Å². The maximum absolute atomic E-state index is 11.9. The highest BCUT2D eigenvalue weighted by molar-refractivity contribution is 6.28. The number of benzene rings is 1. The van der Waals surface area contributed by atoms with Crippen molar-refractivity contribution in [3.8, 4) is 5.75 Å². The number of nitrogens with zero attached hydrogens (tertiary/aromatic N) is 2. The summed E-state index contributed by atoms with van der Waals surface area (Å²) in [5, 5.41) is 2.72. The number of carbonyl (C=O) groups excluding carboxylic acids is 1. The van der Waals surface area contributed by atoms with Crippen LogP contribution in [-0.2, 0) is 0 Å². The van der Waals surface area contributed by atoms with E-state index in [1.807, 2.05) is 6.92 Å². The molecule has 1 N–H and O–H groups in total. The van der Waals surface area contributed by atoms with E-state index in [0.717, 1.165) is 5.75 Å². The number of ether oxygens (including phenoxy) is 1. The summed E-state index contributed by atoms with van der Waals surface area (Å²) < 4.78 is 5.30. The van der Waals surface area contributed by atoms with Crippen LogP contribution < -0.4 is 10.1 Å². The minimum atomic E-state index is -0.266. The van der Waals surface area contributed by atoms with Crippen LogP contribution in [0.3, 0.4) is 0 Å². The quantitative estimate of drug-likeness (QED) is 0.873. The van der Waals surface area contributed by atoms with Gasteiger partial charge in [-0.25, -0.2) is 9.97 Å². The van der Waals surface area contributed by atoms with Gasteiger partial charge in [-0.05, 0) is 48.9 Å². The first-order chi connectivity index (χ1) is 9.19. The topological polar surface area (TPSA) is 64.1 Å². The van der Waals surface area contributed by atoms with E-state index >= 15 is 0 Å². The van der Waals surface area contributed by atoms with Gasteiger partial charge in [0.05, 0.1) is 6.61 Å². The van der Waals surface area contributed by atoms with E-state index in [1.165, 1.54) is 6.20 Å². The second kappa shape index (κ2) is 6.15. The van der Waals surface area contributed by atoms with E-state index in [1.54, 1.807) is 30.3 Å². The molecule has 1 aromatic heterocycles. The van der Waals surface area contributed by atoms with Gasteiger partial charge in [-0.3, -0.25) is 4.79 Å². The number of aromatic nitrogens is 2. The summed E-state index contributed by atoms with van der Waals surface area (Å²) in [5.41, 5.74) is 0.512. The highest BCUT2D eigenvalue weighted by atomic mass is 35.5. The van der Waals surface area contributed by atoms with Gasteiger partial charge in [0, 0.05) is 11.8 Å². The lowest BCUT2D eigenvalue weighted by Crippen LogP contribution is -2.13. The minimum Gasteiger partial charge on any atom is -0.494 e. The summed E-state index contributed by atoms with van der Waals surface area (Å²) in [4.78, 5) is 19.6. The molecule has 2 rings (SSSR count). The van der Waals surface area contributed by atoms with Crippen molar-refractivity contribution in [2.75, 3.05) is 11.9 Å². The molecule has 1 heterocycles. The van der Waals surface area contributed by atoms with Crippen LogP contribution in [0, 0.1) is 0 Å². The molecule has 6 heteroatoms. The molecular formula is C13H12ClN3O2. The zero-order valence-electron chi connectivity index (χ0n) is 10.3. The average Bonchev–Trinajstić information content (AvgIpc) is 2.40. The minimum absolute atomic E-state index is 0.0875. The fourth-order valence-corrected chi connectivity index (χ4v) is 1.61. The molecule has 0 aliphatic rings. The van der Waals surface area contributed by atoms with Crippen molar-refractivity contribution in [2.24, 2.45) is 0 Å². The van der Waals surface area contributed by atoms with Crippen molar-refractivity contribution < 1.29 is 9.53 Å². The lowest BCUT2D eigenvalue weighted by molar-refractivity contribution is 0.102. The van der Waals surface area contributed by atoms with Crippen molar-refractivity contribution >= 4 is 23.3 Å². The lowest BCUT2D eigenvalue weighted by Gasteiger charge is -2.06. The molecule has 0 spiro atoms. The first kappa shape index (κ1) is 13.3. The first-order valence-corrected chi connectivity index (χ1v) is 6.09. The SMILES string of the molecule is CCOc1ccc(C(=O)Nc2ccnc(Cl)n2)cc1. The fraction of sp³-hybridized carbons (Fsp3) is 0.154. The number of amides is 1. The molecule has 0 atom stereocenters. The molecule has 0 saturated carbocycles. The zero-order valence-corrected chi connectivity index (χ0v) is 11.0. The number of carbonyl (C=O) groups is 1. The lowest BCUT2D eigenvalue weighted by atomic mass is 10.2. The van der Waals surface area contributed by atoms with E-state index in [4.69, 9.17) is 16.3 Å². The molecule has 1 aromatic carbocycles. The summed E-state index contributed by atoms with van der Waals surface area (Å²) in [5.74, 6) is 0.820. The Labute approximate surface area is 115 Å². The van der Waals surface area contributed by atoms with Crippen LogP contribution in [0.1, 0.15) is 17.3 Å². The number of halogens is 1. The largest absolute Gasteiger partial charge is 0.494 e. The number of anilines is 1. The molecule has 98 valence electrons. The molecule has 0 saturated heterocycles. The second-order valence-corrected chi connectivity index (χ2v) is 3.96. The Balaban J connectivity index is 2.07. The molecular weight excluding hydrogens is 266 g/mol. The molecule has 0 aliphatic heterocycles. The van der Waals surface area contributed by atoms with Crippen molar-refractivity contribution in [3.05, 3.63) is 47.4 Å². The van der Waals surface area contributed by atoms with E-state index in [0.29, 0.717) is 18.0 Å². The smallest absolute Gasteiger partial charge is 0.256 e. The number of rotatable bonds is 4. The van der Waals surface area contributed by atoms with E-state index < -0.39 is 0 Å². The molecule has 0 unspecified atom stereocenters. The van der Waals surface area contributed by atoms with Crippen molar-refractivity contribution in [1.29, 1.82) is 0 Å². The van der Waals surface area contributed by atoms with Crippen molar-refractivity contribution in [3.63, 3.8) is 0 Å². The molecule has 19 heavy (non-hydrogen) atoms. The average molecular weight is 278 g/mol. The normalized spacial score (nSPS) is 10.0. The van der Waals surface area contributed by atoms with Gasteiger partial charge in [-0.1, -0.05) is 0 Å². The molecule has 0 aliphatic carbocycles. The van der Waals surface area contributed by atoms with Crippen LogP contribution in [0.25, 0.3) is 0 Å². The predicted molar refractivity (Wildman–Crippen MR) is 72.6 cm³/mol. The second-order valence-electron chi connectivity index (χ2n) is 3.62. The molecule has 0 fully saturated rings. The van der Waals surface area contributed by atoms with E-state index in [2.05, 4.69) is 15.3 Å². The summed E-state index contributed by atoms with van der Waals surface area (Å²) >= 11 is 5.64. The molecule has 5 nitrogen and oxygen atoms in total. The molecule has 0 bridgehead atoms. The third-order valence-electron chi connectivity index (χ3n) is 2.30. The van der Waals surface area contributed by atoms with Crippen LogP contribution in [-0.4, -0.2) is 22.5 Å². The van der Waals surface area contributed by atoms with E-state index in [-0.39, 0.29) is 11.2 Å². The van der Waals surface area contributed by atoms with Gasteiger partial charge in [-0.2, -0.15) is 0 Å². The van der Waals surface area contributed by atoms with Crippen molar-refractivity contribution in [1.82, 2.24) is 9.97 Å². The summed E-state index contributed by atoms with van der Waals surface area (Å²) in [7, 11) is 0. The van der Waals surface area contributed by atoms with Gasteiger partial charge >= 0.3 is 0 Å². The van der Waals surface area contributed by atoms with Gasteiger partial charge in [0.25, 0.3) is 5.91 Å². The summed E-state index contributed by atoms with van der Waals surface area (Å²) in [6, 6.07) is 8.42. The summed E-state index contributed by atoms with van der Waals surface area (Å²) in [6.45, 7) is 2.49. The predicted octanol–water partition coefficient (Wildman–Crippen LogP) is 2.78. The molecule has 2 aromatic rings. The molecule has 1 amide bonds. The van der Waals surface area contributed by atoms with Crippen LogP contribution >= 0.6 is 11.6 Å². The number of hydrogen-bond donors (Lipinski definition) is 1. The Morgan fingerprint density at radius 3 is 2.68 bits per heavy atom. The summed E-state index contributed by atoms with van der Waals surface area (Å²) in [6.07, 6.45) is 1.48. The van der Waals surface area contributed by atoms with Gasteiger partial charge in [0.1, 0.15) is 11.6 Å². The third kappa shape index (κ3) is 3.66. The maximum Gasteiger partial charge on any atom is 0.256 e. The highest BCUT2D eigenvalue weighted by Gasteiger charge is 2.07. The van der Waals surface area contributed by atoms with Gasteiger partial charge < -0.3 is 10.1 Å². The third-order valence-corrected chi connectivity index (χ3v) is 2.48. The Morgan fingerprint density at radius 1 is 1.32 bits per heavy atom. The Kier molecular flexibility index (Phi) is 4.30. The van der Waals surface area contributed by atoms with Gasteiger partial charge in [0.15, 0.2) is 0 Å². The van der Waals surface area contributed by atoms with Gasteiger partial charge in [-0.15, -0.1) is 0 Å². The van der Waals surface area contributed by atoms with Crippen LogP contribution in [0.4, 0.5) is 5.82 Å². The van der Waals surface area contributed by atoms with Crippen LogP contribution in [0.2, 0.25) is 5.28 Å². The maximum atomic E-state index is 11.9. The van der Waals surface area contributed by atoms with Crippen molar-refractivity contribution in [2.45, 2.75) is 6.92 Å². The Morgan fingerprint density at radius 2 is 2.05 bits per heavy atom. The number of nitrogens with one attached hydrogen (secondary N) is 1. The number of hydrogen-bond acceptors (Lipinski definition) is 4. The standard InChI is InChI=1S/C13H12ClN3O2/c1-2-19-10-5-3-9(4-6-10)12(18)16-11-7-8-15-13(14)17-11/h3-8H,2H2,1H3,(H,15,16,17,18). The Hall–Kier alpha value is -2.14. The molecule has 0 radical (unpaired) electrons. The zero-order chi connectivity index (χ0) is 13.7. The first-order valence-electron chi connectivity index (χ1n) is 5.72. The highest BCUT2D eigenvalue weighted by Crippen LogP contribution is 2.13. The monoisotopic (exact) mass is 277 g/mol. The van der Waals surface area contributed by atoms with Gasteiger partial charge in [0.2, 0.25) is 5.28 Å². The Bertz CT molecular complexity index is 572.